The van der Waals surface area contributed by atoms with Crippen LogP contribution in [0.1, 0.15) is 0 Å². The van der Waals surface area contributed by atoms with Crippen molar-refractivity contribution in [2.24, 2.45) is 7.05 Å². The second-order valence-corrected chi connectivity index (χ2v) is 6.83. The van der Waals surface area contributed by atoms with Gasteiger partial charge in [-0.1, -0.05) is 6.07 Å². The number of anilines is 1. The Morgan fingerprint density at radius 2 is 1.86 bits per heavy atom. The molecule has 148 valence electrons. The first kappa shape index (κ1) is 18.5. The predicted octanol–water partition coefficient (Wildman–Crippen LogP) is 2.61. The van der Waals surface area contributed by atoms with Crippen molar-refractivity contribution in [1.82, 2.24) is 9.47 Å². The van der Waals surface area contributed by atoms with Crippen LogP contribution in [0.25, 0.3) is 11.1 Å². The van der Waals surface area contributed by atoms with E-state index in [4.69, 9.17) is 9.15 Å². The van der Waals surface area contributed by atoms with Crippen molar-refractivity contribution in [3.8, 4) is 5.75 Å². The van der Waals surface area contributed by atoms with Crippen molar-refractivity contribution in [2.45, 2.75) is 0 Å². The fourth-order valence-corrected chi connectivity index (χ4v) is 3.47. The number of oxazole rings is 1. The van der Waals surface area contributed by atoms with Gasteiger partial charge in [0.25, 0.3) is 0 Å². The van der Waals surface area contributed by atoms with Gasteiger partial charge in [0.2, 0.25) is 0 Å². The smallest absolute Gasteiger partial charge is 0.419 e. The molecule has 4 rings (SSSR count). The first-order chi connectivity index (χ1) is 13.5. The minimum absolute atomic E-state index is 0.319. The number of hydrogen-bond acceptors (Lipinski definition) is 5. The largest absolute Gasteiger partial charge is 0.492 e. The fraction of sp³-hybridized carbons (Fsp3) is 0.350. The Hall–Kier alpha value is -2.87. The summed E-state index contributed by atoms with van der Waals surface area (Å²) in [4.78, 5) is 16.1. The SMILES string of the molecule is Cn1c(=O)oc2c(N3CCN(CCOc4cccc(F)c4)CC3)cc(F)cc21. The summed E-state index contributed by atoms with van der Waals surface area (Å²) in [6, 6.07) is 8.80. The van der Waals surface area contributed by atoms with Gasteiger partial charge < -0.3 is 14.1 Å². The molecule has 1 aliphatic heterocycles. The van der Waals surface area contributed by atoms with Crippen molar-refractivity contribution in [1.29, 1.82) is 0 Å². The lowest BCUT2D eigenvalue weighted by Crippen LogP contribution is -2.47. The lowest BCUT2D eigenvalue weighted by Gasteiger charge is -2.35. The first-order valence-corrected chi connectivity index (χ1v) is 9.16. The molecule has 1 aliphatic rings. The van der Waals surface area contributed by atoms with Crippen LogP contribution in [0.4, 0.5) is 14.5 Å². The highest BCUT2D eigenvalue weighted by atomic mass is 19.1. The number of halogens is 2. The van der Waals surface area contributed by atoms with Crippen LogP contribution in [0.15, 0.2) is 45.6 Å². The molecule has 0 amide bonds. The highest BCUT2D eigenvalue weighted by molar-refractivity contribution is 5.87. The van der Waals surface area contributed by atoms with Gasteiger partial charge in [-0.3, -0.25) is 9.47 Å². The van der Waals surface area contributed by atoms with E-state index in [0.717, 1.165) is 13.1 Å². The van der Waals surface area contributed by atoms with Gasteiger partial charge in [-0.2, -0.15) is 0 Å². The molecule has 0 N–H and O–H groups in total. The third-order valence-corrected chi connectivity index (χ3v) is 5.02. The molecule has 1 saturated heterocycles. The second kappa shape index (κ2) is 7.63. The van der Waals surface area contributed by atoms with Crippen LogP contribution >= 0.6 is 0 Å². The van der Waals surface area contributed by atoms with Crippen molar-refractivity contribution >= 4 is 16.8 Å². The number of aryl methyl sites for hydroxylation is 1. The Labute approximate surface area is 160 Å². The monoisotopic (exact) mass is 389 g/mol. The van der Waals surface area contributed by atoms with Gasteiger partial charge in [-0.15, -0.1) is 0 Å². The van der Waals surface area contributed by atoms with Gasteiger partial charge >= 0.3 is 5.76 Å². The number of rotatable bonds is 5. The Morgan fingerprint density at radius 3 is 2.61 bits per heavy atom. The van der Waals surface area contributed by atoms with Crippen LogP contribution in [-0.2, 0) is 7.05 Å². The number of ether oxygens (including phenoxy) is 1. The number of hydrogen-bond donors (Lipinski definition) is 0. The Bertz CT molecular complexity index is 1040. The molecule has 0 radical (unpaired) electrons. The van der Waals surface area contributed by atoms with Crippen LogP contribution in [0.5, 0.6) is 5.75 Å². The highest BCUT2D eigenvalue weighted by Crippen LogP contribution is 2.28. The lowest BCUT2D eigenvalue weighted by molar-refractivity contribution is 0.200. The predicted molar refractivity (Wildman–Crippen MR) is 102 cm³/mol. The zero-order chi connectivity index (χ0) is 19.7. The highest BCUT2D eigenvalue weighted by Gasteiger charge is 2.22. The summed E-state index contributed by atoms with van der Waals surface area (Å²) >= 11 is 0. The van der Waals surface area contributed by atoms with Crippen LogP contribution in [0.3, 0.4) is 0 Å². The maximum atomic E-state index is 14.0. The number of piperazine rings is 1. The normalized spacial score (nSPS) is 15.3. The van der Waals surface area contributed by atoms with Crippen molar-refractivity contribution in [3.63, 3.8) is 0 Å². The van der Waals surface area contributed by atoms with Crippen molar-refractivity contribution in [2.75, 3.05) is 44.2 Å². The summed E-state index contributed by atoms with van der Waals surface area (Å²) in [5.74, 6) is -0.709. The molecule has 0 bridgehead atoms. The van der Waals surface area contributed by atoms with E-state index >= 15 is 0 Å². The van der Waals surface area contributed by atoms with E-state index in [2.05, 4.69) is 4.90 Å². The van der Waals surface area contributed by atoms with Crippen LogP contribution in [0, 0.1) is 11.6 Å². The van der Waals surface area contributed by atoms with E-state index in [1.54, 1.807) is 19.2 Å². The van der Waals surface area contributed by atoms with E-state index in [9.17, 15) is 13.6 Å². The summed E-state index contributed by atoms with van der Waals surface area (Å²) in [6.45, 7) is 4.06. The molecule has 1 aromatic heterocycles. The molecule has 6 nitrogen and oxygen atoms in total. The van der Waals surface area contributed by atoms with Gasteiger partial charge in [-0.05, 0) is 12.1 Å². The summed E-state index contributed by atoms with van der Waals surface area (Å²) in [5.41, 5.74) is 1.46. The molecule has 0 aliphatic carbocycles. The second-order valence-electron chi connectivity index (χ2n) is 6.83. The Balaban J connectivity index is 1.37. The molecule has 2 heterocycles. The summed E-state index contributed by atoms with van der Waals surface area (Å²) < 4.78 is 39.4. The van der Waals surface area contributed by atoms with Crippen molar-refractivity contribution in [3.05, 3.63) is 58.6 Å². The van der Waals surface area contributed by atoms with E-state index in [1.165, 1.54) is 28.8 Å². The average molecular weight is 389 g/mol. The molecule has 8 heteroatoms. The molecule has 0 spiro atoms. The topological polar surface area (TPSA) is 50.9 Å². The number of nitrogens with zero attached hydrogens (tertiary/aromatic N) is 3. The summed E-state index contributed by atoms with van der Waals surface area (Å²) in [7, 11) is 1.56. The zero-order valence-electron chi connectivity index (χ0n) is 15.5. The molecule has 28 heavy (non-hydrogen) atoms. The van der Waals surface area contributed by atoms with E-state index in [-0.39, 0.29) is 5.82 Å². The molecule has 0 atom stereocenters. The lowest BCUT2D eigenvalue weighted by atomic mass is 10.2. The standard InChI is InChI=1S/C20H21F2N3O3/c1-23-17-12-15(22)13-18(19(17)28-20(23)26)25-7-5-24(6-8-25)9-10-27-16-4-2-3-14(21)11-16/h2-4,11-13H,5-10H2,1H3. The maximum absolute atomic E-state index is 14.0. The van der Waals surface area contributed by atoms with E-state index in [0.29, 0.717) is 48.8 Å². The number of fused-ring (bicyclic) bond motifs is 1. The van der Waals surface area contributed by atoms with E-state index < -0.39 is 11.6 Å². The minimum Gasteiger partial charge on any atom is -0.492 e. The van der Waals surface area contributed by atoms with Crippen LogP contribution in [-0.4, -0.2) is 48.8 Å². The maximum Gasteiger partial charge on any atom is 0.419 e. The van der Waals surface area contributed by atoms with Crippen molar-refractivity contribution < 1.29 is 17.9 Å². The first-order valence-electron chi connectivity index (χ1n) is 9.16. The average Bonchev–Trinajstić information content (AvgIpc) is 2.96. The third-order valence-electron chi connectivity index (χ3n) is 5.02. The van der Waals surface area contributed by atoms with Gasteiger partial charge in [0.15, 0.2) is 5.58 Å². The zero-order valence-corrected chi connectivity index (χ0v) is 15.5. The quantitative estimate of drug-likeness (QED) is 0.672. The number of aromatic nitrogens is 1. The van der Waals surface area contributed by atoms with Gasteiger partial charge in [0.05, 0.1) is 11.2 Å². The fourth-order valence-electron chi connectivity index (χ4n) is 3.47. The van der Waals surface area contributed by atoms with Gasteiger partial charge in [-0.25, -0.2) is 13.6 Å². The third kappa shape index (κ3) is 3.73. The van der Waals surface area contributed by atoms with Crippen LogP contribution < -0.4 is 15.4 Å². The minimum atomic E-state index is -0.505. The van der Waals surface area contributed by atoms with Crippen LogP contribution in [0.2, 0.25) is 0 Å². The molecule has 1 fully saturated rings. The van der Waals surface area contributed by atoms with E-state index in [1.807, 2.05) is 4.90 Å². The molecule has 0 saturated carbocycles. The molecular formula is C20H21F2N3O3. The summed E-state index contributed by atoms with van der Waals surface area (Å²) in [6.07, 6.45) is 0. The van der Waals surface area contributed by atoms with Gasteiger partial charge in [0.1, 0.15) is 24.0 Å². The Morgan fingerprint density at radius 1 is 1.07 bits per heavy atom. The molecule has 2 aromatic carbocycles. The molecule has 0 unspecified atom stereocenters. The van der Waals surface area contributed by atoms with Gasteiger partial charge in [0, 0.05) is 58.0 Å². The molecule has 3 aromatic rings. The molecular weight excluding hydrogens is 368 g/mol. The summed E-state index contributed by atoms with van der Waals surface area (Å²) in [5, 5.41) is 0. The number of benzene rings is 2. The Kier molecular flexibility index (Phi) is 5.04.